The number of aromatic nitrogens is 2. The van der Waals surface area contributed by atoms with Crippen LogP contribution in [-0.2, 0) is 4.79 Å². The van der Waals surface area contributed by atoms with E-state index in [9.17, 15) is 9.59 Å². The topological polar surface area (TPSA) is 92.9 Å². The highest BCUT2D eigenvalue weighted by atomic mass is 16.5. The zero-order valence-electron chi connectivity index (χ0n) is 11.2. The third-order valence-corrected chi connectivity index (χ3v) is 2.85. The first kappa shape index (κ1) is 13.9. The van der Waals surface area contributed by atoms with Crippen molar-refractivity contribution in [2.45, 2.75) is 13.3 Å². The van der Waals surface area contributed by atoms with E-state index >= 15 is 0 Å². The molecular weight excluding hydrogens is 262 g/mol. The minimum Gasteiger partial charge on any atom is -0.493 e. The highest BCUT2D eigenvalue weighted by molar-refractivity contribution is 5.95. The average Bonchev–Trinajstić information content (AvgIpc) is 2.73. The van der Waals surface area contributed by atoms with Crippen LogP contribution in [0, 0.1) is 6.92 Å². The lowest BCUT2D eigenvalue weighted by Crippen LogP contribution is -2.27. The van der Waals surface area contributed by atoms with Gasteiger partial charge in [0.25, 0.3) is 5.91 Å². The van der Waals surface area contributed by atoms with E-state index in [-0.39, 0.29) is 18.9 Å². The van der Waals surface area contributed by atoms with E-state index in [1.54, 1.807) is 29.7 Å². The van der Waals surface area contributed by atoms with Gasteiger partial charge in [-0.2, -0.15) is 0 Å². The molecule has 106 valence electrons. The lowest BCUT2D eigenvalue weighted by atomic mass is 10.3. The fourth-order valence-corrected chi connectivity index (χ4v) is 1.96. The zero-order valence-corrected chi connectivity index (χ0v) is 11.2. The summed E-state index contributed by atoms with van der Waals surface area (Å²) in [6.45, 7) is 1.79. The largest absolute Gasteiger partial charge is 0.493 e. The third-order valence-electron chi connectivity index (χ3n) is 2.85. The molecule has 2 aromatic rings. The monoisotopic (exact) mass is 277 g/mol. The van der Waals surface area contributed by atoms with Gasteiger partial charge in [0.2, 0.25) is 0 Å². The first-order valence-corrected chi connectivity index (χ1v) is 6.06. The number of carbonyl (C=O) groups is 2. The zero-order chi connectivity index (χ0) is 14.7. The Morgan fingerprint density at radius 2 is 2.25 bits per heavy atom. The van der Waals surface area contributed by atoms with Gasteiger partial charge in [-0.1, -0.05) is 0 Å². The second-order valence-electron chi connectivity index (χ2n) is 4.22. The molecule has 7 heteroatoms. The molecule has 2 aromatic heterocycles. The summed E-state index contributed by atoms with van der Waals surface area (Å²) in [6, 6.07) is 3.51. The molecule has 0 aliphatic carbocycles. The lowest BCUT2D eigenvalue weighted by Gasteiger charge is -2.05. The Kier molecular flexibility index (Phi) is 3.88. The predicted octanol–water partition coefficient (Wildman–Crippen LogP) is 0.856. The fraction of sp³-hybridized carbons (Fsp3) is 0.308. The third kappa shape index (κ3) is 2.56. The van der Waals surface area contributed by atoms with Crippen molar-refractivity contribution in [3.8, 4) is 5.75 Å². The number of amides is 1. The van der Waals surface area contributed by atoms with Crippen molar-refractivity contribution in [3.63, 3.8) is 0 Å². The summed E-state index contributed by atoms with van der Waals surface area (Å²) in [5.41, 5.74) is 1.49. The first-order valence-electron chi connectivity index (χ1n) is 6.06. The van der Waals surface area contributed by atoms with Gasteiger partial charge < -0.3 is 15.2 Å². The number of rotatable bonds is 5. The minimum absolute atomic E-state index is 0.0742. The van der Waals surface area contributed by atoms with Gasteiger partial charge in [-0.15, -0.1) is 0 Å². The van der Waals surface area contributed by atoms with Gasteiger partial charge in [-0.05, 0) is 19.1 Å². The minimum atomic E-state index is -0.957. The maximum atomic E-state index is 12.1. The first-order chi connectivity index (χ1) is 9.54. The van der Waals surface area contributed by atoms with Gasteiger partial charge in [0, 0.05) is 12.7 Å². The number of fused-ring (bicyclic) bond motifs is 1. The molecular formula is C13H15N3O4. The number of nitrogens with zero attached hydrogens (tertiary/aromatic N) is 2. The smallest absolute Gasteiger partial charge is 0.305 e. The van der Waals surface area contributed by atoms with Crippen LogP contribution in [0.5, 0.6) is 5.75 Å². The number of pyridine rings is 1. The Labute approximate surface area is 115 Å². The summed E-state index contributed by atoms with van der Waals surface area (Å²) < 4.78 is 6.82. The highest BCUT2D eigenvalue weighted by Crippen LogP contribution is 2.21. The molecule has 0 saturated carbocycles. The van der Waals surface area contributed by atoms with Crippen LogP contribution in [0.3, 0.4) is 0 Å². The lowest BCUT2D eigenvalue weighted by molar-refractivity contribution is -0.136. The molecule has 2 heterocycles. The Hall–Kier alpha value is -2.57. The Bertz CT molecular complexity index is 663. The number of imidazole rings is 1. The molecule has 7 nitrogen and oxygen atoms in total. The molecule has 0 unspecified atom stereocenters. The van der Waals surface area contributed by atoms with E-state index in [4.69, 9.17) is 9.84 Å². The molecule has 0 aliphatic rings. The molecule has 0 bridgehead atoms. The van der Waals surface area contributed by atoms with E-state index in [1.165, 1.54) is 7.11 Å². The summed E-state index contributed by atoms with van der Waals surface area (Å²) in [4.78, 5) is 26.9. The summed E-state index contributed by atoms with van der Waals surface area (Å²) in [5.74, 6) is -0.744. The van der Waals surface area contributed by atoms with E-state index in [0.717, 1.165) is 0 Å². The molecule has 2 rings (SSSR count). The molecule has 0 aromatic carbocycles. The average molecular weight is 277 g/mol. The second-order valence-corrected chi connectivity index (χ2v) is 4.22. The van der Waals surface area contributed by atoms with Crippen LogP contribution in [0.15, 0.2) is 18.3 Å². The second kappa shape index (κ2) is 5.60. The van der Waals surface area contributed by atoms with Crippen LogP contribution in [0.2, 0.25) is 0 Å². The Morgan fingerprint density at radius 3 is 2.90 bits per heavy atom. The van der Waals surface area contributed by atoms with Gasteiger partial charge in [-0.25, -0.2) is 4.98 Å². The molecule has 2 N–H and O–H groups in total. The number of hydrogen-bond donors (Lipinski definition) is 2. The maximum absolute atomic E-state index is 12.1. The van der Waals surface area contributed by atoms with Crippen molar-refractivity contribution in [1.29, 1.82) is 0 Å². The van der Waals surface area contributed by atoms with E-state index < -0.39 is 5.97 Å². The fourth-order valence-electron chi connectivity index (χ4n) is 1.96. The van der Waals surface area contributed by atoms with Crippen LogP contribution in [0.1, 0.15) is 22.6 Å². The number of carboxylic acid groups (broad SMARTS) is 1. The molecule has 0 atom stereocenters. The van der Waals surface area contributed by atoms with Crippen molar-refractivity contribution in [2.75, 3.05) is 13.7 Å². The summed E-state index contributed by atoms with van der Waals surface area (Å²) in [5, 5.41) is 11.1. The van der Waals surface area contributed by atoms with Gasteiger partial charge in [0.05, 0.1) is 19.2 Å². The van der Waals surface area contributed by atoms with E-state index in [2.05, 4.69) is 10.3 Å². The van der Waals surface area contributed by atoms with Gasteiger partial charge in [0.15, 0.2) is 11.4 Å². The number of ether oxygens (including phenoxy) is 1. The molecule has 0 spiro atoms. The number of carboxylic acids is 1. The molecule has 1 amide bonds. The van der Waals surface area contributed by atoms with Crippen molar-refractivity contribution in [1.82, 2.24) is 14.7 Å². The summed E-state index contributed by atoms with van der Waals surface area (Å²) >= 11 is 0. The van der Waals surface area contributed by atoms with Crippen LogP contribution in [0.25, 0.3) is 5.65 Å². The molecule has 0 aliphatic heterocycles. The SMILES string of the molecule is COc1cccn2c(C(=O)NCCC(=O)O)c(C)nc12. The van der Waals surface area contributed by atoms with Crippen LogP contribution < -0.4 is 10.1 Å². The summed E-state index contributed by atoms with van der Waals surface area (Å²) in [7, 11) is 1.53. The van der Waals surface area contributed by atoms with Crippen LogP contribution in [0.4, 0.5) is 0 Å². The van der Waals surface area contributed by atoms with Crippen molar-refractivity contribution in [2.24, 2.45) is 0 Å². The Balaban J connectivity index is 2.32. The van der Waals surface area contributed by atoms with Crippen LogP contribution >= 0.6 is 0 Å². The number of nitrogens with one attached hydrogen (secondary N) is 1. The van der Waals surface area contributed by atoms with Crippen molar-refractivity contribution >= 4 is 17.5 Å². The number of carbonyl (C=O) groups excluding carboxylic acids is 1. The van der Waals surface area contributed by atoms with Crippen molar-refractivity contribution < 1.29 is 19.4 Å². The highest BCUT2D eigenvalue weighted by Gasteiger charge is 2.18. The molecule has 0 radical (unpaired) electrons. The van der Waals surface area contributed by atoms with E-state index in [1.807, 2.05) is 0 Å². The number of aliphatic carboxylic acids is 1. The molecule has 0 fully saturated rings. The Morgan fingerprint density at radius 1 is 1.50 bits per heavy atom. The number of hydrogen-bond acceptors (Lipinski definition) is 4. The van der Waals surface area contributed by atoms with Gasteiger partial charge >= 0.3 is 5.97 Å². The number of methoxy groups -OCH3 is 1. The predicted molar refractivity (Wildman–Crippen MR) is 71.1 cm³/mol. The molecule has 20 heavy (non-hydrogen) atoms. The van der Waals surface area contributed by atoms with Gasteiger partial charge in [0.1, 0.15) is 5.69 Å². The van der Waals surface area contributed by atoms with Gasteiger partial charge in [-0.3, -0.25) is 14.0 Å². The van der Waals surface area contributed by atoms with E-state index in [0.29, 0.717) is 22.8 Å². The standard InChI is InChI=1S/C13H15N3O4/c1-8-11(13(19)14-6-5-10(17)18)16-7-3-4-9(20-2)12(16)15-8/h3-4,7H,5-6H2,1-2H3,(H,14,19)(H,17,18). The van der Waals surface area contributed by atoms with Crippen molar-refractivity contribution in [3.05, 3.63) is 29.7 Å². The van der Waals surface area contributed by atoms with Crippen LogP contribution in [-0.4, -0.2) is 40.0 Å². The number of aryl methyl sites for hydroxylation is 1. The quantitative estimate of drug-likeness (QED) is 0.845. The normalized spacial score (nSPS) is 10.5. The maximum Gasteiger partial charge on any atom is 0.305 e. The summed E-state index contributed by atoms with van der Waals surface area (Å²) in [6.07, 6.45) is 1.59. The molecule has 0 saturated heterocycles.